The second-order valence-electron chi connectivity index (χ2n) is 3.11. The quantitative estimate of drug-likeness (QED) is 0.444. The van der Waals surface area contributed by atoms with Gasteiger partial charge in [-0.15, -0.1) is 10.2 Å². The average molecular weight is 285 g/mol. The van der Waals surface area contributed by atoms with Crippen LogP contribution >= 0.6 is 0 Å². The Labute approximate surface area is 120 Å². The zero-order valence-electron chi connectivity index (χ0n) is 11.1. The molecular weight excluding hydrogens is 270 g/mol. The van der Waals surface area contributed by atoms with Crippen molar-refractivity contribution in [2.75, 3.05) is 0 Å². The van der Waals surface area contributed by atoms with Crippen LogP contribution in [0, 0.1) is 0 Å². The van der Waals surface area contributed by atoms with Gasteiger partial charge in [-0.05, 0) is 29.5 Å². The Morgan fingerprint density at radius 2 is 0.905 bits per heavy atom. The zero-order valence-corrected chi connectivity index (χ0v) is 11.1. The summed E-state index contributed by atoms with van der Waals surface area (Å²) in [5.74, 6) is 0. The fraction of sp³-hybridized carbons (Fsp3) is 0. The third-order valence-electron chi connectivity index (χ3n) is 1.63. The molecule has 0 bridgehead atoms. The molecule has 0 fully saturated rings. The minimum Gasteiger partial charge on any atom is -0.286 e. The molecule has 0 aromatic carbocycles. The normalized spacial score (nSPS) is 8.00. The lowest BCUT2D eigenvalue weighted by Gasteiger charge is -1.68. The van der Waals surface area contributed by atoms with Crippen molar-refractivity contribution >= 4 is 0 Å². The highest BCUT2D eigenvalue weighted by Gasteiger charge is 1.60. The fourth-order valence-corrected chi connectivity index (χ4v) is 0.850. The van der Waals surface area contributed by atoms with Crippen LogP contribution in [0.4, 0.5) is 0 Å². The number of H-pyrrole nitrogens is 3. The number of hydrogen-bond acceptors (Lipinski definition) is 6. The van der Waals surface area contributed by atoms with E-state index in [1.807, 2.05) is 18.2 Å². The summed E-state index contributed by atoms with van der Waals surface area (Å²) in [6, 6.07) is 7.22. The number of aromatic nitrogens is 9. The van der Waals surface area contributed by atoms with E-state index in [4.69, 9.17) is 0 Å². The highest BCUT2D eigenvalue weighted by Crippen LogP contribution is 1.65. The molecule has 4 aromatic rings. The maximum Gasteiger partial charge on any atom is 0.0529 e. The maximum absolute atomic E-state index is 3.60. The Balaban J connectivity index is 0.000000140. The minimum atomic E-state index is 1.58. The van der Waals surface area contributed by atoms with Crippen molar-refractivity contribution in [3.05, 3.63) is 73.8 Å². The molecule has 0 unspecified atom stereocenters. The lowest BCUT2D eigenvalue weighted by atomic mass is 10.7. The van der Waals surface area contributed by atoms with Gasteiger partial charge in [-0.2, -0.15) is 15.3 Å². The Morgan fingerprint density at radius 1 is 0.476 bits per heavy atom. The third kappa shape index (κ3) is 11.5. The van der Waals surface area contributed by atoms with Crippen molar-refractivity contribution in [2.24, 2.45) is 0 Å². The van der Waals surface area contributed by atoms with E-state index in [1.54, 1.807) is 55.6 Å². The number of nitrogens with one attached hydrogen (secondary N) is 3. The first-order valence-electron chi connectivity index (χ1n) is 5.89. The van der Waals surface area contributed by atoms with E-state index >= 15 is 0 Å². The molecule has 0 spiro atoms. The van der Waals surface area contributed by atoms with Crippen LogP contribution in [0.1, 0.15) is 0 Å². The second-order valence-corrected chi connectivity index (χ2v) is 3.11. The summed E-state index contributed by atoms with van der Waals surface area (Å²) in [4.78, 5) is 0. The van der Waals surface area contributed by atoms with Crippen LogP contribution in [-0.4, -0.2) is 46.0 Å². The van der Waals surface area contributed by atoms with Gasteiger partial charge in [0.25, 0.3) is 0 Å². The van der Waals surface area contributed by atoms with Gasteiger partial charge in [0, 0.05) is 37.2 Å². The molecule has 0 atom stereocenters. The third-order valence-corrected chi connectivity index (χ3v) is 1.63. The summed E-state index contributed by atoms with van der Waals surface area (Å²) in [7, 11) is 0. The van der Waals surface area contributed by atoms with Crippen LogP contribution in [0.3, 0.4) is 0 Å². The molecule has 4 aromatic heterocycles. The van der Waals surface area contributed by atoms with E-state index in [1.165, 1.54) is 0 Å². The van der Waals surface area contributed by atoms with Gasteiger partial charge in [-0.1, -0.05) is 0 Å². The van der Waals surface area contributed by atoms with E-state index in [2.05, 4.69) is 46.0 Å². The average Bonchev–Trinajstić information content (AvgIpc) is 3.38. The highest BCUT2D eigenvalue weighted by molar-refractivity contribution is 4.73. The van der Waals surface area contributed by atoms with Crippen LogP contribution in [-0.2, 0) is 0 Å². The van der Waals surface area contributed by atoms with Gasteiger partial charge in [0.05, 0.1) is 12.4 Å². The summed E-state index contributed by atoms with van der Waals surface area (Å²) in [5, 5.41) is 28.8. The van der Waals surface area contributed by atoms with Crippen molar-refractivity contribution in [2.45, 2.75) is 0 Å². The molecule has 0 radical (unpaired) electrons. The highest BCUT2D eigenvalue weighted by atomic mass is 15.3. The first-order chi connectivity index (χ1) is 10.5. The molecule has 21 heavy (non-hydrogen) atoms. The summed E-state index contributed by atoms with van der Waals surface area (Å²) in [6.07, 6.45) is 13.5. The van der Waals surface area contributed by atoms with Crippen LogP contribution in [0.2, 0.25) is 0 Å². The Bertz CT molecular complexity index is 420. The van der Waals surface area contributed by atoms with Crippen molar-refractivity contribution in [3.8, 4) is 0 Å². The summed E-state index contributed by atoms with van der Waals surface area (Å²) >= 11 is 0. The van der Waals surface area contributed by atoms with Crippen molar-refractivity contribution in [3.63, 3.8) is 0 Å². The first-order valence-corrected chi connectivity index (χ1v) is 5.89. The van der Waals surface area contributed by atoms with Gasteiger partial charge in [0.2, 0.25) is 0 Å². The smallest absolute Gasteiger partial charge is 0.0529 e. The van der Waals surface area contributed by atoms with Gasteiger partial charge in [-0.25, -0.2) is 0 Å². The topological polar surface area (TPSA) is 125 Å². The molecule has 9 nitrogen and oxygen atoms in total. The van der Waals surface area contributed by atoms with Gasteiger partial charge in [-0.3, -0.25) is 15.3 Å². The molecule has 108 valence electrons. The zero-order chi connectivity index (χ0) is 14.8. The van der Waals surface area contributed by atoms with Crippen LogP contribution in [0.25, 0.3) is 0 Å². The predicted molar refractivity (Wildman–Crippen MR) is 75.6 cm³/mol. The van der Waals surface area contributed by atoms with E-state index in [-0.39, 0.29) is 0 Å². The van der Waals surface area contributed by atoms with E-state index in [9.17, 15) is 0 Å². The molecule has 3 N–H and O–H groups in total. The van der Waals surface area contributed by atoms with Gasteiger partial charge >= 0.3 is 0 Å². The number of rotatable bonds is 0. The number of nitrogens with zero attached hydrogens (tertiary/aromatic N) is 6. The Hall–Kier alpha value is -3.36. The molecular formula is C12H15N9. The standard InChI is InChI=1S/C3H3N3.3C3H4N2/c1-2-4-6-5-3-1;3*1-2-4-5-3-1/h1-3H;3*1-3H,(H,4,5). The van der Waals surface area contributed by atoms with Crippen molar-refractivity contribution in [1.29, 1.82) is 0 Å². The van der Waals surface area contributed by atoms with E-state index < -0.39 is 0 Å². The second kappa shape index (κ2) is 13.1. The van der Waals surface area contributed by atoms with Gasteiger partial charge in [0.1, 0.15) is 0 Å². The number of hydrogen-bond donors (Lipinski definition) is 3. The lowest BCUT2D eigenvalue weighted by Crippen LogP contribution is -1.78. The maximum atomic E-state index is 3.60. The predicted octanol–water partition coefficient (Wildman–Crippen LogP) is 1.10. The molecule has 9 heteroatoms. The van der Waals surface area contributed by atoms with Crippen LogP contribution in [0.5, 0.6) is 0 Å². The molecule has 0 saturated heterocycles. The monoisotopic (exact) mass is 285 g/mol. The molecule has 0 aliphatic carbocycles. The Kier molecular flexibility index (Phi) is 9.78. The minimum absolute atomic E-state index is 1.58. The van der Waals surface area contributed by atoms with Crippen LogP contribution in [0.15, 0.2) is 73.8 Å². The van der Waals surface area contributed by atoms with Gasteiger partial charge < -0.3 is 0 Å². The van der Waals surface area contributed by atoms with E-state index in [0.717, 1.165) is 0 Å². The molecule has 4 heterocycles. The van der Waals surface area contributed by atoms with Crippen LogP contribution < -0.4 is 0 Å². The molecule has 0 aliphatic heterocycles. The molecule has 4 rings (SSSR count). The number of aromatic amines is 3. The summed E-state index contributed by atoms with van der Waals surface area (Å²) < 4.78 is 0. The van der Waals surface area contributed by atoms with E-state index in [0.29, 0.717) is 0 Å². The van der Waals surface area contributed by atoms with Crippen molar-refractivity contribution in [1.82, 2.24) is 46.0 Å². The van der Waals surface area contributed by atoms with Gasteiger partial charge in [0.15, 0.2) is 0 Å². The SMILES string of the molecule is c1cn[nH]c1.c1cn[nH]c1.c1cn[nH]c1.c1cnnnc1. The molecule has 0 saturated carbocycles. The largest absolute Gasteiger partial charge is 0.286 e. The molecule has 0 aliphatic rings. The summed E-state index contributed by atoms with van der Waals surface area (Å²) in [6.45, 7) is 0. The fourth-order valence-electron chi connectivity index (χ4n) is 0.850. The first kappa shape index (κ1) is 15.7. The Morgan fingerprint density at radius 3 is 1.00 bits per heavy atom. The lowest BCUT2D eigenvalue weighted by molar-refractivity contribution is 0.865. The summed E-state index contributed by atoms with van der Waals surface area (Å²) in [5.41, 5.74) is 0. The van der Waals surface area contributed by atoms with Crippen molar-refractivity contribution < 1.29 is 0 Å². The molecule has 0 amide bonds.